The molecule has 0 unspecified atom stereocenters. The molecule has 2 heteroatoms. The molecule has 0 aliphatic heterocycles. The summed E-state index contributed by atoms with van der Waals surface area (Å²) in [4.78, 5) is 0. The molecule has 2 nitrogen and oxygen atoms in total. The summed E-state index contributed by atoms with van der Waals surface area (Å²) >= 11 is 0. The highest BCUT2D eigenvalue weighted by atomic mass is 16.3. The first-order valence-corrected chi connectivity index (χ1v) is 4.22. The van der Waals surface area contributed by atoms with Crippen LogP contribution in [0.2, 0.25) is 0 Å². The van der Waals surface area contributed by atoms with Crippen LogP contribution in [-0.4, -0.2) is 16.8 Å². The SMILES string of the molecule is C=CC[C@@](O)(CO)c1ccccc1. The van der Waals surface area contributed by atoms with Crippen LogP contribution < -0.4 is 0 Å². The van der Waals surface area contributed by atoms with Crippen molar-refractivity contribution in [2.24, 2.45) is 0 Å². The molecule has 0 saturated heterocycles. The second-order valence-electron chi connectivity index (χ2n) is 3.05. The summed E-state index contributed by atoms with van der Waals surface area (Å²) in [6.45, 7) is 3.26. The Hall–Kier alpha value is -1.12. The van der Waals surface area contributed by atoms with Gasteiger partial charge in [0.25, 0.3) is 0 Å². The van der Waals surface area contributed by atoms with Gasteiger partial charge in [0.05, 0.1) is 6.61 Å². The minimum absolute atomic E-state index is 0.289. The standard InChI is InChI=1S/C11H14O2/c1-2-8-11(13,9-12)10-6-4-3-5-7-10/h2-7,12-13H,1,8-9H2/t11-/m1/s1. The van der Waals surface area contributed by atoms with Crippen molar-refractivity contribution in [1.82, 2.24) is 0 Å². The third-order valence-electron chi connectivity index (χ3n) is 2.05. The molecule has 0 heterocycles. The summed E-state index contributed by atoms with van der Waals surface area (Å²) in [5.41, 5.74) is -0.458. The predicted molar refractivity (Wildman–Crippen MR) is 52.2 cm³/mol. The van der Waals surface area contributed by atoms with Gasteiger partial charge < -0.3 is 10.2 Å². The van der Waals surface area contributed by atoms with E-state index in [2.05, 4.69) is 6.58 Å². The highest BCUT2D eigenvalue weighted by molar-refractivity contribution is 5.23. The number of benzene rings is 1. The molecule has 1 aromatic carbocycles. The largest absolute Gasteiger partial charge is 0.393 e. The number of rotatable bonds is 4. The summed E-state index contributed by atoms with van der Waals surface area (Å²) in [5, 5.41) is 19.0. The van der Waals surface area contributed by atoms with Gasteiger partial charge in [-0.1, -0.05) is 36.4 Å². The molecule has 1 atom stereocenters. The molecule has 0 spiro atoms. The van der Waals surface area contributed by atoms with Gasteiger partial charge in [0.1, 0.15) is 5.60 Å². The van der Waals surface area contributed by atoms with E-state index in [1.807, 2.05) is 18.2 Å². The smallest absolute Gasteiger partial charge is 0.116 e. The normalized spacial score (nSPS) is 14.9. The second-order valence-corrected chi connectivity index (χ2v) is 3.05. The summed E-state index contributed by atoms with van der Waals surface area (Å²) < 4.78 is 0. The van der Waals surface area contributed by atoms with Gasteiger partial charge in [-0.2, -0.15) is 0 Å². The topological polar surface area (TPSA) is 40.5 Å². The molecular weight excluding hydrogens is 164 g/mol. The van der Waals surface area contributed by atoms with Crippen molar-refractivity contribution < 1.29 is 10.2 Å². The van der Waals surface area contributed by atoms with E-state index in [0.717, 1.165) is 5.56 Å². The van der Waals surface area contributed by atoms with Gasteiger partial charge in [0.15, 0.2) is 0 Å². The Bertz CT molecular complexity index is 269. The molecule has 0 aromatic heterocycles. The van der Waals surface area contributed by atoms with Gasteiger partial charge in [-0.15, -0.1) is 6.58 Å². The zero-order valence-corrected chi connectivity index (χ0v) is 7.48. The van der Waals surface area contributed by atoms with Crippen LogP contribution in [0.15, 0.2) is 43.0 Å². The maximum atomic E-state index is 9.97. The molecule has 0 fully saturated rings. The third-order valence-corrected chi connectivity index (χ3v) is 2.05. The molecule has 0 saturated carbocycles. The van der Waals surface area contributed by atoms with E-state index < -0.39 is 5.60 Å². The van der Waals surface area contributed by atoms with Crippen LogP contribution in [0.1, 0.15) is 12.0 Å². The lowest BCUT2D eigenvalue weighted by atomic mass is 9.91. The van der Waals surface area contributed by atoms with E-state index >= 15 is 0 Å². The lowest BCUT2D eigenvalue weighted by molar-refractivity contribution is -0.0164. The van der Waals surface area contributed by atoms with Crippen molar-refractivity contribution >= 4 is 0 Å². The first-order valence-electron chi connectivity index (χ1n) is 4.22. The van der Waals surface area contributed by atoms with Crippen LogP contribution >= 0.6 is 0 Å². The Labute approximate surface area is 78.2 Å². The fraction of sp³-hybridized carbons (Fsp3) is 0.273. The maximum absolute atomic E-state index is 9.97. The van der Waals surface area contributed by atoms with Crippen LogP contribution in [0.5, 0.6) is 0 Å². The molecule has 0 aliphatic carbocycles. The van der Waals surface area contributed by atoms with Gasteiger partial charge in [-0.25, -0.2) is 0 Å². The maximum Gasteiger partial charge on any atom is 0.116 e. The average Bonchev–Trinajstić information content (AvgIpc) is 2.19. The van der Waals surface area contributed by atoms with Gasteiger partial charge in [-0.3, -0.25) is 0 Å². The van der Waals surface area contributed by atoms with Crippen LogP contribution in [0, 0.1) is 0 Å². The van der Waals surface area contributed by atoms with Crippen LogP contribution in [0.25, 0.3) is 0 Å². The molecule has 0 radical (unpaired) electrons. The lowest BCUT2D eigenvalue weighted by Crippen LogP contribution is -2.29. The summed E-state index contributed by atoms with van der Waals surface area (Å²) in [5.74, 6) is 0. The first-order chi connectivity index (χ1) is 6.23. The van der Waals surface area contributed by atoms with Crippen LogP contribution in [-0.2, 0) is 5.60 Å². The fourth-order valence-corrected chi connectivity index (χ4v) is 1.26. The minimum atomic E-state index is -1.18. The summed E-state index contributed by atoms with van der Waals surface area (Å²) in [6.07, 6.45) is 1.96. The minimum Gasteiger partial charge on any atom is -0.393 e. The predicted octanol–water partition coefficient (Wildman–Crippen LogP) is 1.44. The van der Waals surface area contributed by atoms with E-state index in [9.17, 15) is 5.11 Å². The fourth-order valence-electron chi connectivity index (χ4n) is 1.26. The molecule has 13 heavy (non-hydrogen) atoms. The second kappa shape index (κ2) is 4.21. The molecule has 1 aromatic rings. The van der Waals surface area contributed by atoms with Gasteiger partial charge in [0, 0.05) is 6.42 Å². The Morgan fingerprint density at radius 1 is 1.31 bits per heavy atom. The Balaban J connectivity index is 2.95. The van der Waals surface area contributed by atoms with Crippen molar-refractivity contribution in [3.8, 4) is 0 Å². The Morgan fingerprint density at radius 3 is 2.38 bits per heavy atom. The molecule has 70 valence electrons. The Kier molecular flexibility index (Phi) is 3.23. The molecule has 0 amide bonds. The van der Waals surface area contributed by atoms with Crippen molar-refractivity contribution in [2.45, 2.75) is 12.0 Å². The van der Waals surface area contributed by atoms with Crippen molar-refractivity contribution in [2.75, 3.05) is 6.61 Å². The highest BCUT2D eigenvalue weighted by Crippen LogP contribution is 2.24. The van der Waals surface area contributed by atoms with E-state index in [4.69, 9.17) is 5.11 Å². The van der Waals surface area contributed by atoms with Crippen molar-refractivity contribution in [3.05, 3.63) is 48.6 Å². The molecule has 2 N–H and O–H groups in total. The van der Waals surface area contributed by atoms with E-state index in [-0.39, 0.29) is 6.61 Å². The van der Waals surface area contributed by atoms with E-state index in [1.54, 1.807) is 18.2 Å². The zero-order valence-electron chi connectivity index (χ0n) is 7.48. The number of aliphatic hydroxyl groups is 2. The number of hydrogen-bond donors (Lipinski definition) is 2. The van der Waals surface area contributed by atoms with Crippen LogP contribution in [0.3, 0.4) is 0 Å². The van der Waals surface area contributed by atoms with E-state index in [1.165, 1.54) is 0 Å². The first kappa shape index (κ1) is 9.96. The van der Waals surface area contributed by atoms with E-state index in [0.29, 0.717) is 6.42 Å². The van der Waals surface area contributed by atoms with Gasteiger partial charge >= 0.3 is 0 Å². The van der Waals surface area contributed by atoms with Gasteiger partial charge in [-0.05, 0) is 5.56 Å². The quantitative estimate of drug-likeness (QED) is 0.685. The van der Waals surface area contributed by atoms with Crippen molar-refractivity contribution in [3.63, 3.8) is 0 Å². The molecule has 0 bridgehead atoms. The number of hydrogen-bond acceptors (Lipinski definition) is 2. The third kappa shape index (κ3) is 2.17. The average molecular weight is 178 g/mol. The number of aliphatic hydroxyl groups excluding tert-OH is 1. The van der Waals surface area contributed by atoms with Crippen LogP contribution in [0.4, 0.5) is 0 Å². The zero-order chi connectivity index (χ0) is 9.73. The van der Waals surface area contributed by atoms with Gasteiger partial charge in [0.2, 0.25) is 0 Å². The lowest BCUT2D eigenvalue weighted by Gasteiger charge is -2.24. The molecular formula is C11H14O2. The monoisotopic (exact) mass is 178 g/mol. The summed E-state index contributed by atoms with van der Waals surface area (Å²) in [6, 6.07) is 9.12. The molecule has 1 rings (SSSR count). The summed E-state index contributed by atoms with van der Waals surface area (Å²) in [7, 11) is 0. The van der Waals surface area contributed by atoms with Crippen molar-refractivity contribution in [1.29, 1.82) is 0 Å². The Morgan fingerprint density at radius 2 is 1.92 bits per heavy atom. The molecule has 0 aliphatic rings. The highest BCUT2D eigenvalue weighted by Gasteiger charge is 2.26.